The van der Waals surface area contributed by atoms with Crippen LogP contribution in [0.15, 0.2) is 18.5 Å². The first-order chi connectivity index (χ1) is 9.40. The van der Waals surface area contributed by atoms with Gasteiger partial charge in [-0.2, -0.15) is 10.2 Å². The molecule has 2 aromatic rings. The summed E-state index contributed by atoms with van der Waals surface area (Å²) in [7, 11) is 3.62. The highest BCUT2D eigenvalue weighted by Crippen LogP contribution is 2.17. The lowest BCUT2D eigenvalue weighted by molar-refractivity contribution is -0.133. The van der Waals surface area contributed by atoms with Crippen molar-refractivity contribution in [2.45, 2.75) is 26.4 Å². The molecule has 0 aliphatic carbocycles. The van der Waals surface area contributed by atoms with E-state index in [1.54, 1.807) is 33.7 Å². The zero-order valence-corrected chi connectivity index (χ0v) is 12.8. The van der Waals surface area contributed by atoms with Crippen LogP contribution in [0.4, 0.5) is 0 Å². The highest BCUT2D eigenvalue weighted by atomic mass is 35.5. The predicted molar refractivity (Wildman–Crippen MR) is 76.4 cm³/mol. The van der Waals surface area contributed by atoms with Crippen molar-refractivity contribution >= 4 is 17.5 Å². The Kier molecular flexibility index (Phi) is 4.13. The lowest BCUT2D eigenvalue weighted by atomic mass is 10.3. The minimum Gasteiger partial charge on any atom is -0.338 e. The normalized spacial score (nSPS) is 12.4. The third kappa shape index (κ3) is 2.85. The fourth-order valence-electron chi connectivity index (χ4n) is 1.97. The van der Waals surface area contributed by atoms with E-state index in [4.69, 9.17) is 11.6 Å². The van der Waals surface area contributed by atoms with Crippen molar-refractivity contribution in [2.75, 3.05) is 7.05 Å². The van der Waals surface area contributed by atoms with Gasteiger partial charge in [0.05, 0.1) is 23.0 Å². The zero-order valence-electron chi connectivity index (χ0n) is 12.0. The third-order valence-corrected chi connectivity index (χ3v) is 3.68. The molecule has 2 aromatic heterocycles. The van der Waals surface area contributed by atoms with Gasteiger partial charge in [0.15, 0.2) is 0 Å². The van der Waals surface area contributed by atoms with Crippen LogP contribution in [-0.4, -0.2) is 37.4 Å². The van der Waals surface area contributed by atoms with Crippen molar-refractivity contribution < 1.29 is 4.79 Å². The van der Waals surface area contributed by atoms with Crippen LogP contribution in [0.25, 0.3) is 0 Å². The summed E-state index contributed by atoms with van der Waals surface area (Å²) in [4.78, 5) is 14.1. The second-order valence-corrected chi connectivity index (χ2v) is 5.27. The van der Waals surface area contributed by atoms with Gasteiger partial charge >= 0.3 is 0 Å². The number of nitrogens with zero attached hydrogens (tertiary/aromatic N) is 5. The molecule has 20 heavy (non-hydrogen) atoms. The van der Waals surface area contributed by atoms with Crippen LogP contribution in [-0.2, 0) is 18.4 Å². The van der Waals surface area contributed by atoms with Crippen molar-refractivity contribution in [3.05, 3.63) is 34.9 Å². The molecule has 1 amide bonds. The molecule has 0 fully saturated rings. The van der Waals surface area contributed by atoms with Crippen LogP contribution in [0.1, 0.15) is 24.4 Å². The second kappa shape index (κ2) is 5.66. The van der Waals surface area contributed by atoms with Gasteiger partial charge in [0.25, 0.3) is 0 Å². The van der Waals surface area contributed by atoms with Crippen LogP contribution < -0.4 is 0 Å². The van der Waals surface area contributed by atoms with E-state index < -0.39 is 0 Å². The molecule has 0 bridgehead atoms. The Labute approximate surface area is 122 Å². The Morgan fingerprint density at radius 1 is 1.55 bits per heavy atom. The average molecular weight is 296 g/mol. The molecule has 0 radical (unpaired) electrons. The maximum absolute atomic E-state index is 12.4. The number of hydrogen-bond donors (Lipinski definition) is 0. The zero-order chi connectivity index (χ0) is 14.9. The van der Waals surface area contributed by atoms with Crippen molar-refractivity contribution in [2.24, 2.45) is 7.05 Å². The van der Waals surface area contributed by atoms with Gasteiger partial charge in [-0.15, -0.1) is 0 Å². The Morgan fingerprint density at radius 2 is 2.25 bits per heavy atom. The van der Waals surface area contributed by atoms with Gasteiger partial charge in [-0.05, 0) is 19.9 Å². The van der Waals surface area contributed by atoms with Gasteiger partial charge in [0.1, 0.15) is 6.04 Å². The summed E-state index contributed by atoms with van der Waals surface area (Å²) in [6.45, 7) is 4.13. The van der Waals surface area contributed by atoms with E-state index in [9.17, 15) is 4.79 Å². The van der Waals surface area contributed by atoms with E-state index in [0.717, 1.165) is 11.4 Å². The van der Waals surface area contributed by atoms with E-state index in [1.165, 1.54) is 0 Å². The standard InChI is InChI=1S/C13H18ClN5O/c1-9-12(14)8-19(16-9)10(2)13(20)17(3)7-11-5-6-15-18(11)4/h5-6,8,10H,7H2,1-4H3. The average Bonchev–Trinajstić information content (AvgIpc) is 2.95. The van der Waals surface area contributed by atoms with Crippen LogP contribution in [0.3, 0.4) is 0 Å². The molecule has 0 N–H and O–H groups in total. The van der Waals surface area contributed by atoms with Crippen molar-refractivity contribution in [3.63, 3.8) is 0 Å². The summed E-state index contributed by atoms with van der Waals surface area (Å²) in [5, 5.41) is 8.91. The number of aryl methyl sites for hydroxylation is 2. The van der Waals surface area contributed by atoms with E-state index in [-0.39, 0.29) is 11.9 Å². The van der Waals surface area contributed by atoms with Gasteiger partial charge in [-0.25, -0.2) is 0 Å². The minimum absolute atomic E-state index is 0.0228. The number of likely N-dealkylation sites (N-methyl/N-ethyl adjacent to an activating group) is 1. The van der Waals surface area contributed by atoms with Gasteiger partial charge in [0, 0.05) is 26.5 Å². The number of hydrogen-bond acceptors (Lipinski definition) is 3. The number of carbonyl (C=O) groups is 1. The highest BCUT2D eigenvalue weighted by Gasteiger charge is 2.21. The first kappa shape index (κ1) is 14.6. The van der Waals surface area contributed by atoms with Gasteiger partial charge in [-0.1, -0.05) is 11.6 Å². The van der Waals surface area contributed by atoms with Crippen LogP contribution in [0, 0.1) is 6.92 Å². The molecule has 7 heteroatoms. The molecular formula is C13H18ClN5O. The molecule has 0 saturated carbocycles. The second-order valence-electron chi connectivity index (χ2n) is 4.86. The molecule has 2 heterocycles. The van der Waals surface area contributed by atoms with Gasteiger partial charge in [0.2, 0.25) is 5.91 Å². The SMILES string of the molecule is Cc1nn(C(C)C(=O)N(C)Cc2ccnn2C)cc1Cl. The molecule has 0 aliphatic rings. The first-order valence-corrected chi connectivity index (χ1v) is 6.71. The fraction of sp³-hybridized carbons (Fsp3) is 0.462. The van der Waals surface area contributed by atoms with Crippen molar-refractivity contribution in [3.8, 4) is 0 Å². The molecule has 0 aliphatic heterocycles. The number of carbonyl (C=O) groups excluding carboxylic acids is 1. The molecule has 2 rings (SSSR count). The Hall–Kier alpha value is -1.82. The van der Waals surface area contributed by atoms with Crippen LogP contribution in [0.5, 0.6) is 0 Å². The summed E-state index contributed by atoms with van der Waals surface area (Å²) in [5.74, 6) is -0.0228. The van der Waals surface area contributed by atoms with Gasteiger partial charge < -0.3 is 4.90 Å². The van der Waals surface area contributed by atoms with E-state index in [2.05, 4.69) is 10.2 Å². The van der Waals surface area contributed by atoms with Crippen LogP contribution in [0.2, 0.25) is 5.02 Å². The number of amides is 1. The molecule has 108 valence electrons. The smallest absolute Gasteiger partial charge is 0.247 e. The molecule has 1 unspecified atom stereocenters. The molecule has 6 nitrogen and oxygen atoms in total. The summed E-state index contributed by atoms with van der Waals surface area (Å²) in [6, 6.07) is 1.50. The summed E-state index contributed by atoms with van der Waals surface area (Å²) in [5.41, 5.74) is 1.70. The third-order valence-electron chi connectivity index (χ3n) is 3.31. The molecule has 0 spiro atoms. The van der Waals surface area contributed by atoms with E-state index in [0.29, 0.717) is 11.6 Å². The Bertz CT molecular complexity index is 599. The van der Waals surface area contributed by atoms with Crippen LogP contribution >= 0.6 is 11.6 Å². The Morgan fingerprint density at radius 3 is 2.75 bits per heavy atom. The molecule has 0 aromatic carbocycles. The van der Waals surface area contributed by atoms with Crippen molar-refractivity contribution in [1.29, 1.82) is 0 Å². The number of halogens is 1. The summed E-state index contributed by atoms with van der Waals surface area (Å²) < 4.78 is 3.35. The number of rotatable bonds is 4. The maximum atomic E-state index is 12.4. The molecule has 1 atom stereocenters. The molecular weight excluding hydrogens is 278 g/mol. The van der Waals surface area contributed by atoms with Gasteiger partial charge in [-0.3, -0.25) is 14.2 Å². The van der Waals surface area contributed by atoms with E-state index in [1.807, 2.05) is 27.0 Å². The van der Waals surface area contributed by atoms with E-state index >= 15 is 0 Å². The fourth-order valence-corrected chi connectivity index (χ4v) is 2.11. The lowest BCUT2D eigenvalue weighted by Crippen LogP contribution is -2.33. The lowest BCUT2D eigenvalue weighted by Gasteiger charge is -2.21. The maximum Gasteiger partial charge on any atom is 0.247 e. The summed E-state index contributed by atoms with van der Waals surface area (Å²) in [6.07, 6.45) is 3.39. The highest BCUT2D eigenvalue weighted by molar-refractivity contribution is 6.31. The minimum atomic E-state index is -0.389. The summed E-state index contributed by atoms with van der Waals surface area (Å²) >= 11 is 5.97. The molecule has 0 saturated heterocycles. The quantitative estimate of drug-likeness (QED) is 0.864. The topological polar surface area (TPSA) is 56.0 Å². The first-order valence-electron chi connectivity index (χ1n) is 6.33. The van der Waals surface area contributed by atoms with Crippen molar-refractivity contribution in [1.82, 2.24) is 24.5 Å². The largest absolute Gasteiger partial charge is 0.338 e. The Balaban J connectivity index is 2.08. The monoisotopic (exact) mass is 295 g/mol. The predicted octanol–water partition coefficient (Wildman–Crippen LogP) is 1.80. The number of aromatic nitrogens is 4.